The summed E-state index contributed by atoms with van der Waals surface area (Å²) in [4.78, 5) is 0. The van der Waals surface area contributed by atoms with Gasteiger partial charge in [0.1, 0.15) is 11.9 Å². The number of ether oxygens (including phenoxy) is 1. The minimum atomic E-state index is -0.599. The fraction of sp³-hybridized carbons (Fsp3) is 0.462. The molecule has 1 unspecified atom stereocenters. The molecule has 0 spiro atoms. The molecule has 3 nitrogen and oxygen atoms in total. The van der Waals surface area contributed by atoms with E-state index in [9.17, 15) is 4.39 Å². The Labute approximate surface area is 101 Å². The molecule has 4 heteroatoms. The largest absolute Gasteiger partial charge is 0.382 e. The monoisotopic (exact) mass is 236 g/mol. The first-order valence-electron chi connectivity index (χ1n) is 5.74. The predicted octanol–water partition coefficient (Wildman–Crippen LogP) is 2.41. The summed E-state index contributed by atoms with van der Waals surface area (Å²) in [5.41, 5.74) is 0.395. The molecule has 1 aromatic carbocycles. The first-order chi connectivity index (χ1) is 8.29. The van der Waals surface area contributed by atoms with E-state index in [4.69, 9.17) is 10.00 Å². The standard InChI is InChI=1S/C13H17FN2O/c1-2-17-9-5-8-16-13(10-15)11-6-3-4-7-12(11)14/h3-4,6-7,13,16H,2,5,8-9H2,1H3. The normalized spacial score (nSPS) is 12.1. The van der Waals surface area contributed by atoms with Crippen LogP contribution in [0, 0.1) is 17.1 Å². The Bertz CT molecular complexity index is 376. The van der Waals surface area contributed by atoms with Crippen LogP contribution in [0.25, 0.3) is 0 Å². The summed E-state index contributed by atoms with van der Waals surface area (Å²) in [7, 11) is 0. The third-order valence-corrected chi connectivity index (χ3v) is 2.36. The molecule has 0 saturated heterocycles. The smallest absolute Gasteiger partial charge is 0.129 e. The van der Waals surface area contributed by atoms with Crippen LogP contribution in [0.2, 0.25) is 0 Å². The van der Waals surface area contributed by atoms with Gasteiger partial charge in [-0.3, -0.25) is 5.32 Å². The molecule has 0 aromatic heterocycles. The van der Waals surface area contributed by atoms with Crippen molar-refractivity contribution in [1.29, 1.82) is 5.26 Å². The summed E-state index contributed by atoms with van der Waals surface area (Å²) >= 11 is 0. The minimum absolute atomic E-state index is 0.351. The number of hydrogen-bond donors (Lipinski definition) is 1. The van der Waals surface area contributed by atoms with E-state index in [2.05, 4.69) is 11.4 Å². The second-order valence-electron chi connectivity index (χ2n) is 3.59. The molecule has 0 bridgehead atoms. The van der Waals surface area contributed by atoms with Gasteiger partial charge in [-0.05, 0) is 26.0 Å². The number of rotatable bonds is 7. The third-order valence-electron chi connectivity index (χ3n) is 2.36. The van der Waals surface area contributed by atoms with Gasteiger partial charge in [0.25, 0.3) is 0 Å². The Kier molecular flexibility index (Phi) is 6.23. The maximum Gasteiger partial charge on any atom is 0.129 e. The third kappa shape index (κ3) is 4.51. The van der Waals surface area contributed by atoms with Gasteiger partial charge >= 0.3 is 0 Å². The van der Waals surface area contributed by atoms with Crippen LogP contribution in [-0.2, 0) is 4.74 Å². The number of nitriles is 1. The van der Waals surface area contributed by atoms with Crippen molar-refractivity contribution in [3.8, 4) is 6.07 Å². The maximum atomic E-state index is 13.4. The van der Waals surface area contributed by atoms with Crippen LogP contribution in [0.3, 0.4) is 0 Å². The fourth-order valence-electron chi connectivity index (χ4n) is 1.50. The van der Waals surface area contributed by atoms with Crippen molar-refractivity contribution in [3.63, 3.8) is 0 Å². The zero-order chi connectivity index (χ0) is 12.5. The SMILES string of the molecule is CCOCCCNC(C#N)c1ccccc1F. The van der Waals surface area contributed by atoms with E-state index in [1.165, 1.54) is 6.07 Å². The topological polar surface area (TPSA) is 45.0 Å². The molecule has 0 radical (unpaired) electrons. The van der Waals surface area contributed by atoms with Crippen molar-refractivity contribution in [2.24, 2.45) is 0 Å². The highest BCUT2D eigenvalue weighted by atomic mass is 19.1. The molecule has 0 fully saturated rings. The van der Waals surface area contributed by atoms with Crippen LogP contribution >= 0.6 is 0 Å². The fourth-order valence-corrected chi connectivity index (χ4v) is 1.50. The van der Waals surface area contributed by atoms with E-state index in [0.29, 0.717) is 25.3 Å². The summed E-state index contributed by atoms with van der Waals surface area (Å²) in [5, 5.41) is 12.0. The second-order valence-corrected chi connectivity index (χ2v) is 3.59. The van der Waals surface area contributed by atoms with Gasteiger partial charge in [0.05, 0.1) is 6.07 Å². The number of benzene rings is 1. The van der Waals surface area contributed by atoms with Gasteiger partial charge in [0.15, 0.2) is 0 Å². The molecule has 1 N–H and O–H groups in total. The zero-order valence-corrected chi connectivity index (χ0v) is 9.95. The van der Waals surface area contributed by atoms with Crippen LogP contribution in [0.15, 0.2) is 24.3 Å². The molecular formula is C13H17FN2O. The van der Waals surface area contributed by atoms with Crippen LogP contribution in [-0.4, -0.2) is 19.8 Å². The van der Waals surface area contributed by atoms with Crippen LogP contribution in [0.5, 0.6) is 0 Å². The first kappa shape index (κ1) is 13.6. The van der Waals surface area contributed by atoms with Gasteiger partial charge in [-0.15, -0.1) is 0 Å². The molecule has 92 valence electrons. The van der Waals surface area contributed by atoms with Crippen molar-refractivity contribution in [1.82, 2.24) is 5.32 Å². The average Bonchev–Trinajstić information content (AvgIpc) is 2.35. The number of nitrogens with one attached hydrogen (secondary N) is 1. The molecule has 0 aliphatic rings. The lowest BCUT2D eigenvalue weighted by Gasteiger charge is -2.12. The summed E-state index contributed by atoms with van der Waals surface area (Å²) in [6.45, 7) is 3.91. The highest BCUT2D eigenvalue weighted by Gasteiger charge is 2.13. The van der Waals surface area contributed by atoms with Gasteiger partial charge < -0.3 is 4.74 Å². The van der Waals surface area contributed by atoms with Gasteiger partial charge in [0, 0.05) is 18.8 Å². The summed E-state index contributed by atoms with van der Waals surface area (Å²) < 4.78 is 18.6. The minimum Gasteiger partial charge on any atom is -0.382 e. The van der Waals surface area contributed by atoms with E-state index in [-0.39, 0.29) is 5.82 Å². The van der Waals surface area contributed by atoms with E-state index >= 15 is 0 Å². The van der Waals surface area contributed by atoms with Crippen molar-refractivity contribution in [2.45, 2.75) is 19.4 Å². The van der Waals surface area contributed by atoms with Gasteiger partial charge in [-0.1, -0.05) is 18.2 Å². The lowest BCUT2D eigenvalue weighted by atomic mass is 10.1. The first-order valence-corrected chi connectivity index (χ1v) is 5.74. The van der Waals surface area contributed by atoms with E-state index in [0.717, 1.165) is 6.42 Å². The molecule has 1 rings (SSSR count). The summed E-state index contributed by atoms with van der Waals surface area (Å²) in [6, 6.07) is 7.79. The molecule has 0 saturated carbocycles. The highest BCUT2D eigenvalue weighted by Crippen LogP contribution is 2.15. The Balaban J connectivity index is 2.45. The molecule has 1 aromatic rings. The molecular weight excluding hydrogens is 219 g/mol. The lowest BCUT2D eigenvalue weighted by molar-refractivity contribution is 0.144. The molecule has 0 amide bonds. The Morgan fingerprint density at radius 2 is 2.24 bits per heavy atom. The Morgan fingerprint density at radius 3 is 2.88 bits per heavy atom. The molecule has 17 heavy (non-hydrogen) atoms. The van der Waals surface area contributed by atoms with Gasteiger partial charge in [-0.25, -0.2) is 4.39 Å². The second kappa shape index (κ2) is 7.77. The van der Waals surface area contributed by atoms with Crippen molar-refractivity contribution >= 4 is 0 Å². The van der Waals surface area contributed by atoms with E-state index < -0.39 is 6.04 Å². The Hall–Kier alpha value is -1.44. The summed E-state index contributed by atoms with van der Waals surface area (Å²) in [6.07, 6.45) is 0.806. The molecule has 0 aliphatic heterocycles. The molecule has 0 aliphatic carbocycles. The van der Waals surface area contributed by atoms with Crippen molar-refractivity contribution in [3.05, 3.63) is 35.6 Å². The summed E-state index contributed by atoms with van der Waals surface area (Å²) in [5.74, 6) is -0.351. The van der Waals surface area contributed by atoms with Crippen LogP contribution in [0.1, 0.15) is 24.9 Å². The van der Waals surface area contributed by atoms with Crippen LogP contribution in [0.4, 0.5) is 4.39 Å². The van der Waals surface area contributed by atoms with Gasteiger partial charge in [0.2, 0.25) is 0 Å². The lowest BCUT2D eigenvalue weighted by Crippen LogP contribution is -2.23. The quantitative estimate of drug-likeness (QED) is 0.739. The number of hydrogen-bond acceptors (Lipinski definition) is 3. The Morgan fingerprint density at radius 1 is 1.47 bits per heavy atom. The highest BCUT2D eigenvalue weighted by molar-refractivity contribution is 5.25. The predicted molar refractivity (Wildman–Crippen MR) is 63.9 cm³/mol. The van der Waals surface area contributed by atoms with Crippen molar-refractivity contribution < 1.29 is 9.13 Å². The maximum absolute atomic E-state index is 13.4. The molecule has 0 heterocycles. The molecule has 1 atom stereocenters. The zero-order valence-electron chi connectivity index (χ0n) is 9.95. The number of nitrogens with zero attached hydrogens (tertiary/aromatic N) is 1. The van der Waals surface area contributed by atoms with Gasteiger partial charge in [-0.2, -0.15) is 5.26 Å². The van der Waals surface area contributed by atoms with Crippen molar-refractivity contribution in [2.75, 3.05) is 19.8 Å². The number of halogens is 1. The average molecular weight is 236 g/mol. The van der Waals surface area contributed by atoms with E-state index in [1.807, 2.05) is 6.92 Å². The van der Waals surface area contributed by atoms with E-state index in [1.54, 1.807) is 18.2 Å². The van der Waals surface area contributed by atoms with Crippen LogP contribution < -0.4 is 5.32 Å².